The minimum absolute atomic E-state index is 0.235. The highest BCUT2D eigenvalue weighted by molar-refractivity contribution is 5.79. The molecule has 1 unspecified atom stereocenters. The summed E-state index contributed by atoms with van der Waals surface area (Å²) in [6.45, 7) is 7.59. The minimum atomic E-state index is 0.235. The molecular weight excluding hydrogens is 386 g/mol. The van der Waals surface area contributed by atoms with Crippen LogP contribution in [0.3, 0.4) is 0 Å². The molecule has 0 saturated carbocycles. The Morgan fingerprint density at radius 1 is 1.10 bits per heavy atom. The Labute approximate surface area is 185 Å². The van der Waals surface area contributed by atoms with Gasteiger partial charge in [-0.25, -0.2) is 0 Å². The summed E-state index contributed by atoms with van der Waals surface area (Å²) in [5, 5.41) is 11.4. The van der Waals surface area contributed by atoms with Crippen LogP contribution < -0.4 is 15.4 Å². The van der Waals surface area contributed by atoms with Gasteiger partial charge in [0, 0.05) is 32.4 Å². The van der Waals surface area contributed by atoms with Crippen LogP contribution in [-0.4, -0.2) is 28.8 Å². The van der Waals surface area contributed by atoms with Gasteiger partial charge in [-0.15, -0.1) is 0 Å². The fourth-order valence-corrected chi connectivity index (χ4v) is 3.60. The van der Waals surface area contributed by atoms with Crippen LogP contribution >= 0.6 is 0 Å². The second-order valence-electron chi connectivity index (χ2n) is 7.87. The van der Waals surface area contributed by atoms with E-state index in [9.17, 15) is 0 Å². The third-order valence-corrected chi connectivity index (χ3v) is 5.38. The van der Waals surface area contributed by atoms with Crippen molar-refractivity contribution in [3.8, 4) is 5.75 Å². The summed E-state index contributed by atoms with van der Waals surface area (Å²) in [5.74, 6) is 1.67. The molecule has 0 aliphatic heterocycles. The Balaban J connectivity index is 1.52. The number of benzene rings is 2. The molecule has 0 radical (unpaired) electrons. The predicted octanol–water partition coefficient (Wildman–Crippen LogP) is 3.91. The number of para-hydroxylation sites is 1. The number of aromatic nitrogens is 2. The van der Waals surface area contributed by atoms with Gasteiger partial charge in [-0.3, -0.25) is 9.67 Å². The largest absolute Gasteiger partial charge is 0.489 e. The van der Waals surface area contributed by atoms with Crippen LogP contribution in [0.4, 0.5) is 0 Å². The van der Waals surface area contributed by atoms with Crippen molar-refractivity contribution < 1.29 is 4.74 Å². The molecule has 0 aliphatic carbocycles. The van der Waals surface area contributed by atoms with E-state index in [1.165, 1.54) is 16.8 Å². The standard InChI is InChI=1S/C25H33N5O/c1-18(14-24-19(2)29-30(5)20(24)3)28-25(26-4)27-16-21-10-9-11-22(15-21)17-31-23-12-7-6-8-13-23/h6-13,15,18H,14,16-17H2,1-5H3,(H2,26,27,28). The lowest BCUT2D eigenvalue weighted by Crippen LogP contribution is -2.42. The summed E-state index contributed by atoms with van der Waals surface area (Å²) in [6, 6.07) is 18.5. The van der Waals surface area contributed by atoms with Gasteiger partial charge in [-0.05, 0) is 56.0 Å². The molecule has 3 aromatic rings. The van der Waals surface area contributed by atoms with Crippen molar-refractivity contribution in [2.45, 2.75) is 46.4 Å². The Hall–Kier alpha value is -3.28. The van der Waals surface area contributed by atoms with E-state index in [-0.39, 0.29) is 6.04 Å². The van der Waals surface area contributed by atoms with E-state index < -0.39 is 0 Å². The van der Waals surface area contributed by atoms with Crippen molar-refractivity contribution in [3.05, 3.63) is 82.7 Å². The number of nitrogens with zero attached hydrogens (tertiary/aromatic N) is 3. The zero-order valence-corrected chi connectivity index (χ0v) is 19.1. The first-order valence-corrected chi connectivity index (χ1v) is 10.7. The molecule has 0 spiro atoms. The van der Waals surface area contributed by atoms with E-state index in [1.54, 1.807) is 7.05 Å². The monoisotopic (exact) mass is 419 g/mol. The average Bonchev–Trinajstić information content (AvgIpc) is 3.02. The number of ether oxygens (including phenoxy) is 1. The summed E-state index contributed by atoms with van der Waals surface area (Å²) < 4.78 is 7.80. The molecule has 6 heteroatoms. The predicted molar refractivity (Wildman–Crippen MR) is 126 cm³/mol. The molecule has 0 bridgehead atoms. The molecule has 2 N–H and O–H groups in total. The highest BCUT2D eigenvalue weighted by Gasteiger charge is 2.14. The van der Waals surface area contributed by atoms with Crippen molar-refractivity contribution in [2.24, 2.45) is 12.0 Å². The van der Waals surface area contributed by atoms with Gasteiger partial charge < -0.3 is 15.4 Å². The van der Waals surface area contributed by atoms with Gasteiger partial charge in [0.2, 0.25) is 0 Å². The van der Waals surface area contributed by atoms with Crippen LogP contribution in [0.5, 0.6) is 5.75 Å². The third-order valence-electron chi connectivity index (χ3n) is 5.38. The maximum absolute atomic E-state index is 5.86. The second-order valence-corrected chi connectivity index (χ2v) is 7.87. The van der Waals surface area contributed by atoms with E-state index in [2.05, 4.69) is 65.8 Å². The van der Waals surface area contributed by atoms with Gasteiger partial charge in [-0.1, -0.05) is 42.5 Å². The minimum Gasteiger partial charge on any atom is -0.489 e. The maximum Gasteiger partial charge on any atom is 0.191 e. The summed E-state index contributed by atoms with van der Waals surface area (Å²) in [7, 11) is 3.79. The third kappa shape index (κ3) is 6.35. The number of aryl methyl sites for hydroxylation is 2. The molecular formula is C25H33N5O. The number of rotatable bonds is 8. The highest BCUT2D eigenvalue weighted by Crippen LogP contribution is 2.15. The first-order chi connectivity index (χ1) is 15.0. The van der Waals surface area contributed by atoms with Gasteiger partial charge in [0.15, 0.2) is 5.96 Å². The topological polar surface area (TPSA) is 63.5 Å². The van der Waals surface area contributed by atoms with Gasteiger partial charge in [0.25, 0.3) is 0 Å². The number of guanidine groups is 1. The molecule has 2 aromatic carbocycles. The first kappa shape index (κ1) is 22.4. The van der Waals surface area contributed by atoms with Crippen molar-refractivity contribution in [1.29, 1.82) is 0 Å². The number of aliphatic imine (C=N–C) groups is 1. The Bertz CT molecular complexity index is 1010. The SMILES string of the molecule is CN=C(NCc1cccc(COc2ccccc2)c1)NC(C)Cc1c(C)nn(C)c1C. The van der Waals surface area contributed by atoms with E-state index in [0.29, 0.717) is 13.2 Å². The molecule has 3 rings (SSSR count). The van der Waals surface area contributed by atoms with Gasteiger partial charge in [0.1, 0.15) is 12.4 Å². The van der Waals surface area contributed by atoms with Crippen LogP contribution in [-0.2, 0) is 26.6 Å². The van der Waals surface area contributed by atoms with Crippen molar-refractivity contribution in [3.63, 3.8) is 0 Å². The van der Waals surface area contributed by atoms with Gasteiger partial charge in [0.05, 0.1) is 5.69 Å². The first-order valence-electron chi connectivity index (χ1n) is 10.7. The van der Waals surface area contributed by atoms with E-state index in [1.807, 2.05) is 42.1 Å². The van der Waals surface area contributed by atoms with Crippen LogP contribution in [0.25, 0.3) is 0 Å². The molecule has 6 nitrogen and oxygen atoms in total. The maximum atomic E-state index is 5.86. The molecule has 164 valence electrons. The highest BCUT2D eigenvalue weighted by atomic mass is 16.5. The molecule has 1 atom stereocenters. The van der Waals surface area contributed by atoms with Gasteiger partial charge >= 0.3 is 0 Å². The Morgan fingerprint density at radius 3 is 2.52 bits per heavy atom. The van der Waals surface area contributed by atoms with Gasteiger partial charge in [-0.2, -0.15) is 5.10 Å². The van der Waals surface area contributed by atoms with E-state index in [4.69, 9.17) is 4.74 Å². The fourth-order valence-electron chi connectivity index (χ4n) is 3.60. The second kappa shape index (κ2) is 10.7. The van der Waals surface area contributed by atoms with E-state index in [0.717, 1.165) is 29.4 Å². The van der Waals surface area contributed by atoms with Crippen LogP contribution in [0.2, 0.25) is 0 Å². The summed E-state index contributed by atoms with van der Waals surface area (Å²) in [4.78, 5) is 4.38. The van der Waals surface area contributed by atoms with Crippen molar-refractivity contribution in [2.75, 3.05) is 7.05 Å². The lowest BCUT2D eigenvalue weighted by molar-refractivity contribution is 0.306. The molecule has 0 aliphatic rings. The molecule has 1 heterocycles. The lowest BCUT2D eigenvalue weighted by atomic mass is 10.1. The number of hydrogen-bond donors (Lipinski definition) is 2. The zero-order chi connectivity index (χ0) is 22.2. The normalized spacial score (nSPS) is 12.5. The number of hydrogen-bond acceptors (Lipinski definition) is 3. The van der Waals surface area contributed by atoms with Crippen LogP contribution in [0.15, 0.2) is 59.6 Å². The number of nitrogens with one attached hydrogen (secondary N) is 2. The Kier molecular flexibility index (Phi) is 7.70. The van der Waals surface area contributed by atoms with Crippen LogP contribution in [0.1, 0.15) is 35.0 Å². The average molecular weight is 420 g/mol. The molecule has 0 amide bonds. The molecule has 0 saturated heterocycles. The summed E-state index contributed by atoms with van der Waals surface area (Å²) >= 11 is 0. The van der Waals surface area contributed by atoms with E-state index >= 15 is 0 Å². The zero-order valence-electron chi connectivity index (χ0n) is 19.1. The smallest absolute Gasteiger partial charge is 0.191 e. The van der Waals surface area contributed by atoms with Crippen LogP contribution in [0, 0.1) is 13.8 Å². The Morgan fingerprint density at radius 2 is 1.84 bits per heavy atom. The molecule has 0 fully saturated rings. The molecule has 1 aromatic heterocycles. The molecule has 31 heavy (non-hydrogen) atoms. The summed E-state index contributed by atoms with van der Waals surface area (Å²) in [5.41, 5.74) is 5.92. The van der Waals surface area contributed by atoms with Crippen molar-refractivity contribution >= 4 is 5.96 Å². The fraction of sp³-hybridized carbons (Fsp3) is 0.360. The lowest BCUT2D eigenvalue weighted by Gasteiger charge is -2.18. The summed E-state index contributed by atoms with van der Waals surface area (Å²) in [6.07, 6.45) is 0.901. The van der Waals surface area contributed by atoms with Crippen molar-refractivity contribution in [1.82, 2.24) is 20.4 Å². The quantitative estimate of drug-likeness (QED) is 0.429.